The number of hydrogen-bond acceptors (Lipinski definition) is 5. The number of aliphatic hydroxyl groups excluding tert-OH is 1. The molecule has 27 heavy (non-hydrogen) atoms. The number of β-amino-alcohol motifs (C(OH)–C–C–N with tert-alkyl or cyclic N) is 1. The average Bonchev–Trinajstić information content (AvgIpc) is 2.70. The highest BCUT2D eigenvalue weighted by Crippen LogP contribution is 2.39. The molecule has 2 aliphatic heterocycles. The van der Waals surface area contributed by atoms with E-state index in [2.05, 4.69) is 5.32 Å². The largest absolute Gasteiger partial charge is 0.496 e. The summed E-state index contributed by atoms with van der Waals surface area (Å²) in [7, 11) is 3.25. The number of benzene rings is 1. The van der Waals surface area contributed by atoms with Crippen LogP contribution in [0.4, 0.5) is 0 Å². The molecule has 0 saturated carbocycles. The van der Waals surface area contributed by atoms with Crippen molar-refractivity contribution in [3.63, 3.8) is 0 Å². The first-order chi connectivity index (χ1) is 13.1. The number of fused-ring (bicyclic) bond motifs is 1. The highest BCUT2D eigenvalue weighted by molar-refractivity contribution is 7.80. The van der Waals surface area contributed by atoms with Gasteiger partial charge in [0.15, 0.2) is 5.11 Å². The van der Waals surface area contributed by atoms with Gasteiger partial charge in [0.05, 0.1) is 40.5 Å². The first kappa shape index (κ1) is 20.1. The fraction of sp³-hybridized carbons (Fsp3) is 0.632. The summed E-state index contributed by atoms with van der Waals surface area (Å²) in [5.41, 5.74) is 1.73. The molecule has 0 bridgehead atoms. The molecule has 7 nitrogen and oxygen atoms in total. The van der Waals surface area contributed by atoms with Gasteiger partial charge < -0.3 is 34.4 Å². The van der Waals surface area contributed by atoms with Gasteiger partial charge in [-0.05, 0) is 24.4 Å². The normalized spacial score (nSPS) is 20.1. The smallest absolute Gasteiger partial charge is 0.169 e. The van der Waals surface area contributed by atoms with Crippen molar-refractivity contribution in [3.05, 3.63) is 23.3 Å². The quantitative estimate of drug-likeness (QED) is 0.452. The zero-order chi connectivity index (χ0) is 19.2. The number of ether oxygens (including phenoxy) is 3. The van der Waals surface area contributed by atoms with Gasteiger partial charge >= 0.3 is 0 Å². The molecule has 1 saturated heterocycles. The molecule has 1 aromatic carbocycles. The number of hydrogen-bond donors (Lipinski definition) is 3. The third-order valence-corrected chi connectivity index (χ3v) is 5.66. The Balaban J connectivity index is 1.56. The highest BCUT2D eigenvalue weighted by Gasteiger charge is 2.30. The molecule has 150 valence electrons. The van der Waals surface area contributed by atoms with Gasteiger partial charge in [-0.1, -0.05) is 0 Å². The lowest BCUT2D eigenvalue weighted by molar-refractivity contribution is -0.908. The maximum atomic E-state index is 10.7. The molecule has 0 spiro atoms. The summed E-state index contributed by atoms with van der Waals surface area (Å²) in [6, 6.07) is 3.70. The number of methoxy groups -OCH3 is 2. The Morgan fingerprint density at radius 2 is 2.00 bits per heavy atom. The average molecular weight is 397 g/mol. The molecule has 1 fully saturated rings. The number of aliphatic hydroxyl groups is 1. The molecule has 3 N–H and O–H groups in total. The molecular weight excluding hydrogens is 366 g/mol. The maximum Gasteiger partial charge on any atom is 0.169 e. The molecule has 1 aromatic rings. The maximum absolute atomic E-state index is 10.7. The van der Waals surface area contributed by atoms with E-state index in [9.17, 15) is 5.11 Å². The predicted octanol–water partition coefficient (Wildman–Crippen LogP) is -0.267. The summed E-state index contributed by atoms with van der Waals surface area (Å²) in [6.07, 6.45) is 0.385. The molecule has 0 aliphatic carbocycles. The van der Waals surface area contributed by atoms with E-state index in [-0.39, 0.29) is 0 Å². The minimum absolute atomic E-state index is 0.442. The summed E-state index contributed by atoms with van der Waals surface area (Å²) < 4.78 is 16.3. The van der Waals surface area contributed by atoms with E-state index in [0.717, 1.165) is 62.7 Å². The van der Waals surface area contributed by atoms with Crippen LogP contribution in [0.15, 0.2) is 12.1 Å². The van der Waals surface area contributed by atoms with E-state index >= 15 is 0 Å². The van der Waals surface area contributed by atoms with E-state index in [0.29, 0.717) is 24.0 Å². The van der Waals surface area contributed by atoms with E-state index in [1.165, 1.54) is 0 Å². The Bertz CT molecular complexity index is 652. The van der Waals surface area contributed by atoms with Gasteiger partial charge in [0.25, 0.3) is 0 Å². The molecule has 0 radical (unpaired) electrons. The minimum atomic E-state index is -0.670. The van der Waals surface area contributed by atoms with Crippen molar-refractivity contribution in [1.29, 1.82) is 0 Å². The number of nitrogens with zero attached hydrogens (tertiary/aromatic N) is 1. The van der Waals surface area contributed by atoms with Crippen LogP contribution < -0.4 is 19.7 Å². The minimum Gasteiger partial charge on any atom is -0.496 e. The fourth-order valence-electron chi connectivity index (χ4n) is 3.79. The zero-order valence-electron chi connectivity index (χ0n) is 16.1. The van der Waals surface area contributed by atoms with Crippen LogP contribution in [0.2, 0.25) is 0 Å². The van der Waals surface area contributed by atoms with Gasteiger partial charge in [0, 0.05) is 30.6 Å². The standard InChI is InChI=1S/C19H29N3O4S/c1-24-16-4-5-17(25-2)18-14(16)12-22(13-15(18)23)19(27)20-6-3-7-21-8-10-26-11-9-21/h4-5,15,23H,3,6-13H2,1-2H3,(H,20,27)/p+1/t15-/m1/s1. The number of morpholine rings is 1. The van der Waals surface area contributed by atoms with E-state index in [1.54, 1.807) is 19.1 Å². The van der Waals surface area contributed by atoms with Crippen LogP contribution in [0.5, 0.6) is 11.5 Å². The van der Waals surface area contributed by atoms with Gasteiger partial charge in [0.1, 0.15) is 30.7 Å². The second-order valence-corrected chi connectivity index (χ2v) is 7.34. The summed E-state index contributed by atoms with van der Waals surface area (Å²) in [6.45, 7) is 6.87. The third kappa shape index (κ3) is 4.82. The van der Waals surface area contributed by atoms with Crippen LogP contribution in [-0.2, 0) is 11.3 Å². The lowest BCUT2D eigenvalue weighted by atomic mass is 9.95. The summed E-state index contributed by atoms with van der Waals surface area (Å²) in [4.78, 5) is 3.58. The Morgan fingerprint density at radius 1 is 1.30 bits per heavy atom. The third-order valence-electron chi connectivity index (χ3n) is 5.26. The van der Waals surface area contributed by atoms with Gasteiger partial charge in [-0.2, -0.15) is 0 Å². The summed E-state index contributed by atoms with van der Waals surface area (Å²) in [5.74, 6) is 1.43. The Labute approximate surface area is 166 Å². The molecule has 2 heterocycles. The van der Waals surface area contributed by atoms with Crippen LogP contribution in [0, 0.1) is 0 Å². The molecule has 3 rings (SSSR count). The highest BCUT2D eigenvalue weighted by atomic mass is 32.1. The molecule has 0 amide bonds. The van der Waals surface area contributed by atoms with Crippen molar-refractivity contribution >= 4 is 17.3 Å². The van der Waals surface area contributed by atoms with E-state index < -0.39 is 6.10 Å². The van der Waals surface area contributed by atoms with Crippen LogP contribution >= 0.6 is 12.2 Å². The van der Waals surface area contributed by atoms with Gasteiger partial charge in [0.2, 0.25) is 0 Å². The lowest BCUT2D eigenvalue weighted by Crippen LogP contribution is -3.14. The Hall–Kier alpha value is -1.61. The van der Waals surface area contributed by atoms with Crippen LogP contribution in [0.3, 0.4) is 0 Å². The predicted molar refractivity (Wildman–Crippen MR) is 107 cm³/mol. The fourth-order valence-corrected chi connectivity index (χ4v) is 4.03. The molecule has 0 unspecified atom stereocenters. The van der Waals surface area contributed by atoms with Gasteiger partial charge in [-0.3, -0.25) is 0 Å². The monoisotopic (exact) mass is 396 g/mol. The summed E-state index contributed by atoms with van der Waals surface area (Å²) in [5, 5.41) is 14.7. The molecule has 1 atom stereocenters. The first-order valence-corrected chi connectivity index (χ1v) is 9.90. The zero-order valence-corrected chi connectivity index (χ0v) is 16.9. The first-order valence-electron chi connectivity index (χ1n) is 9.50. The van der Waals surface area contributed by atoms with Crippen LogP contribution in [0.25, 0.3) is 0 Å². The number of rotatable bonds is 6. The van der Waals surface area contributed by atoms with Crippen molar-refractivity contribution in [3.8, 4) is 11.5 Å². The van der Waals surface area contributed by atoms with Crippen molar-refractivity contribution in [2.24, 2.45) is 0 Å². The second kappa shape index (κ2) is 9.54. The number of quaternary nitrogens is 1. The van der Waals surface area contributed by atoms with Gasteiger partial charge in [-0.25, -0.2) is 0 Å². The van der Waals surface area contributed by atoms with Gasteiger partial charge in [-0.15, -0.1) is 0 Å². The molecule has 8 heteroatoms. The van der Waals surface area contributed by atoms with E-state index in [1.807, 2.05) is 17.0 Å². The van der Waals surface area contributed by atoms with Crippen molar-refractivity contribution in [2.45, 2.75) is 19.1 Å². The topological polar surface area (TPSA) is 67.6 Å². The Morgan fingerprint density at radius 3 is 2.70 bits per heavy atom. The van der Waals surface area contributed by atoms with Crippen molar-refractivity contribution in [1.82, 2.24) is 10.2 Å². The van der Waals surface area contributed by atoms with Crippen LogP contribution in [-0.4, -0.2) is 75.3 Å². The number of thiocarbonyl (C=S) groups is 1. The summed E-state index contributed by atoms with van der Waals surface area (Å²) >= 11 is 5.57. The molecule has 2 aliphatic rings. The second-order valence-electron chi connectivity index (χ2n) is 6.96. The molecular formula is C19H30N3O4S+. The Kier molecular flexibility index (Phi) is 7.12. The van der Waals surface area contributed by atoms with Crippen LogP contribution in [0.1, 0.15) is 23.7 Å². The number of nitrogens with one attached hydrogen (secondary N) is 2. The SMILES string of the molecule is COc1ccc(OC)c2c1CN(C(=S)NCCC[NH+]1CCOCC1)C[C@H]2O. The van der Waals surface area contributed by atoms with E-state index in [4.69, 9.17) is 26.4 Å². The molecule has 0 aromatic heterocycles. The van der Waals surface area contributed by atoms with Crippen molar-refractivity contribution in [2.75, 3.05) is 60.2 Å². The lowest BCUT2D eigenvalue weighted by Gasteiger charge is -2.35. The van der Waals surface area contributed by atoms with Crippen molar-refractivity contribution < 1.29 is 24.2 Å².